The van der Waals surface area contributed by atoms with Crippen LogP contribution in [0.2, 0.25) is 0 Å². The van der Waals surface area contributed by atoms with Gasteiger partial charge in [-0.15, -0.1) is 0 Å². The zero-order chi connectivity index (χ0) is 13.5. The highest BCUT2D eigenvalue weighted by Crippen LogP contribution is 2.27. The fourth-order valence-corrected chi connectivity index (χ4v) is 2.12. The molecule has 104 valence electrons. The van der Waals surface area contributed by atoms with Gasteiger partial charge < -0.3 is 10.2 Å². The Hall–Kier alpha value is -0.0800. The van der Waals surface area contributed by atoms with Crippen LogP contribution in [-0.2, 0) is 0 Å². The van der Waals surface area contributed by atoms with Crippen molar-refractivity contribution in [2.45, 2.75) is 60.4 Å². The van der Waals surface area contributed by atoms with Gasteiger partial charge in [-0.3, -0.25) is 0 Å². The van der Waals surface area contributed by atoms with Crippen molar-refractivity contribution in [3.05, 3.63) is 0 Å². The third kappa shape index (κ3) is 6.42. The van der Waals surface area contributed by atoms with Crippen LogP contribution >= 0.6 is 0 Å². The lowest BCUT2D eigenvalue weighted by molar-refractivity contribution is 0.132. The van der Waals surface area contributed by atoms with E-state index in [-0.39, 0.29) is 0 Å². The van der Waals surface area contributed by atoms with E-state index in [1.165, 1.54) is 19.4 Å². The maximum absolute atomic E-state index is 3.65. The maximum atomic E-state index is 3.65. The Balaban J connectivity index is 4.34. The van der Waals surface area contributed by atoms with E-state index in [4.69, 9.17) is 0 Å². The molecule has 0 aliphatic rings. The van der Waals surface area contributed by atoms with Crippen molar-refractivity contribution in [2.24, 2.45) is 11.3 Å². The summed E-state index contributed by atoms with van der Waals surface area (Å²) in [6.07, 6.45) is 2.51. The first kappa shape index (κ1) is 16.9. The number of hydrogen-bond donors (Lipinski definition) is 1. The van der Waals surface area contributed by atoms with Gasteiger partial charge in [0.2, 0.25) is 0 Å². The Morgan fingerprint density at radius 2 is 1.59 bits per heavy atom. The molecule has 0 aliphatic heterocycles. The van der Waals surface area contributed by atoms with Crippen molar-refractivity contribution in [1.82, 2.24) is 10.2 Å². The molecule has 0 aliphatic carbocycles. The third-order valence-electron chi connectivity index (χ3n) is 4.02. The summed E-state index contributed by atoms with van der Waals surface area (Å²) in [5.41, 5.74) is 0.438. The van der Waals surface area contributed by atoms with E-state index in [9.17, 15) is 0 Å². The lowest BCUT2D eigenvalue weighted by atomic mass is 9.81. The molecular weight excluding hydrogens is 208 g/mol. The average molecular weight is 242 g/mol. The lowest BCUT2D eigenvalue weighted by Crippen LogP contribution is -2.45. The molecule has 0 heterocycles. The molecule has 1 N–H and O–H groups in total. The predicted molar refractivity (Wildman–Crippen MR) is 78.5 cm³/mol. The second kappa shape index (κ2) is 8.10. The van der Waals surface area contributed by atoms with E-state index in [1.807, 2.05) is 0 Å². The molecule has 0 aromatic heterocycles. The van der Waals surface area contributed by atoms with E-state index in [0.717, 1.165) is 19.0 Å². The van der Waals surface area contributed by atoms with Crippen LogP contribution in [0.4, 0.5) is 0 Å². The van der Waals surface area contributed by atoms with E-state index in [2.05, 4.69) is 58.8 Å². The molecule has 0 unspecified atom stereocenters. The SMILES string of the molecule is CCC(CC)(CNCC(C)C)CN(C)C(C)C. The normalized spacial score (nSPS) is 13.1. The summed E-state index contributed by atoms with van der Waals surface area (Å²) < 4.78 is 0. The van der Waals surface area contributed by atoms with Gasteiger partial charge in [0.25, 0.3) is 0 Å². The van der Waals surface area contributed by atoms with Gasteiger partial charge in [-0.1, -0.05) is 27.7 Å². The van der Waals surface area contributed by atoms with Crippen LogP contribution in [0, 0.1) is 11.3 Å². The first-order chi connectivity index (χ1) is 7.87. The van der Waals surface area contributed by atoms with E-state index in [1.54, 1.807) is 0 Å². The lowest BCUT2D eigenvalue weighted by Gasteiger charge is -2.38. The molecule has 0 aromatic carbocycles. The highest BCUT2D eigenvalue weighted by Gasteiger charge is 2.28. The molecule has 0 aromatic rings. The highest BCUT2D eigenvalue weighted by atomic mass is 15.1. The summed E-state index contributed by atoms with van der Waals surface area (Å²) in [5, 5.41) is 3.65. The Morgan fingerprint density at radius 3 is 1.94 bits per heavy atom. The number of nitrogens with one attached hydrogen (secondary N) is 1. The van der Waals surface area contributed by atoms with Crippen molar-refractivity contribution in [1.29, 1.82) is 0 Å². The largest absolute Gasteiger partial charge is 0.316 e. The highest BCUT2D eigenvalue weighted by molar-refractivity contribution is 4.83. The quantitative estimate of drug-likeness (QED) is 0.667. The van der Waals surface area contributed by atoms with Crippen molar-refractivity contribution < 1.29 is 0 Å². The minimum absolute atomic E-state index is 0.438. The second-order valence-corrected chi connectivity index (χ2v) is 6.24. The smallest absolute Gasteiger partial charge is 0.00496 e. The molecule has 0 saturated heterocycles. The minimum atomic E-state index is 0.438. The molecule has 0 rings (SSSR count). The Bertz CT molecular complexity index is 183. The minimum Gasteiger partial charge on any atom is -0.316 e. The van der Waals surface area contributed by atoms with Crippen molar-refractivity contribution in [3.63, 3.8) is 0 Å². The van der Waals surface area contributed by atoms with Crippen molar-refractivity contribution in [3.8, 4) is 0 Å². The van der Waals surface area contributed by atoms with Gasteiger partial charge >= 0.3 is 0 Å². The van der Waals surface area contributed by atoms with Crippen molar-refractivity contribution >= 4 is 0 Å². The molecule has 0 amide bonds. The molecule has 0 bridgehead atoms. The zero-order valence-electron chi connectivity index (χ0n) is 13.1. The Kier molecular flexibility index (Phi) is 8.06. The first-order valence-electron chi connectivity index (χ1n) is 7.27. The molecule has 2 nitrogen and oxygen atoms in total. The second-order valence-electron chi connectivity index (χ2n) is 6.24. The van der Waals surface area contributed by atoms with Gasteiger partial charge in [0.05, 0.1) is 0 Å². The summed E-state index contributed by atoms with van der Waals surface area (Å²) >= 11 is 0. The van der Waals surface area contributed by atoms with Crippen LogP contribution in [-0.4, -0.2) is 37.6 Å². The summed E-state index contributed by atoms with van der Waals surface area (Å²) in [6.45, 7) is 17.2. The molecule has 0 radical (unpaired) electrons. The summed E-state index contributed by atoms with van der Waals surface area (Å²) in [6, 6.07) is 0.637. The third-order valence-corrected chi connectivity index (χ3v) is 4.02. The Morgan fingerprint density at radius 1 is 1.06 bits per heavy atom. The van der Waals surface area contributed by atoms with Crippen LogP contribution in [0.15, 0.2) is 0 Å². The standard InChI is InChI=1S/C15H34N2/c1-8-15(9-2,11-16-10-13(3)4)12-17(7)14(5)6/h13-14,16H,8-12H2,1-7H3. The van der Waals surface area contributed by atoms with Gasteiger partial charge in [-0.2, -0.15) is 0 Å². The first-order valence-corrected chi connectivity index (χ1v) is 7.27. The number of nitrogens with zero attached hydrogens (tertiary/aromatic N) is 1. The van der Waals surface area contributed by atoms with Crippen LogP contribution in [0.1, 0.15) is 54.4 Å². The van der Waals surface area contributed by atoms with Crippen LogP contribution in [0.3, 0.4) is 0 Å². The fraction of sp³-hybridized carbons (Fsp3) is 1.00. The van der Waals surface area contributed by atoms with Crippen molar-refractivity contribution in [2.75, 3.05) is 26.7 Å². The van der Waals surface area contributed by atoms with E-state index in [0.29, 0.717) is 11.5 Å². The summed E-state index contributed by atoms with van der Waals surface area (Å²) in [7, 11) is 2.24. The molecule has 0 atom stereocenters. The molecule has 0 fully saturated rings. The average Bonchev–Trinajstić information content (AvgIpc) is 2.26. The van der Waals surface area contributed by atoms with Crippen LogP contribution in [0.25, 0.3) is 0 Å². The maximum Gasteiger partial charge on any atom is 0.00496 e. The Labute approximate surface area is 109 Å². The summed E-state index contributed by atoms with van der Waals surface area (Å²) in [4.78, 5) is 2.48. The molecule has 2 heteroatoms. The molecule has 17 heavy (non-hydrogen) atoms. The fourth-order valence-electron chi connectivity index (χ4n) is 2.12. The van der Waals surface area contributed by atoms with Gasteiger partial charge in [-0.05, 0) is 51.6 Å². The van der Waals surface area contributed by atoms with E-state index >= 15 is 0 Å². The topological polar surface area (TPSA) is 15.3 Å². The van der Waals surface area contributed by atoms with E-state index < -0.39 is 0 Å². The number of rotatable bonds is 9. The predicted octanol–water partition coefficient (Wildman–Crippen LogP) is 3.38. The van der Waals surface area contributed by atoms with Gasteiger partial charge in [-0.25, -0.2) is 0 Å². The monoisotopic (exact) mass is 242 g/mol. The van der Waals surface area contributed by atoms with Crippen LogP contribution in [0.5, 0.6) is 0 Å². The van der Waals surface area contributed by atoms with Gasteiger partial charge in [0, 0.05) is 19.1 Å². The summed E-state index contributed by atoms with van der Waals surface area (Å²) in [5.74, 6) is 0.740. The molecule has 0 spiro atoms. The van der Waals surface area contributed by atoms with Gasteiger partial charge in [0.1, 0.15) is 0 Å². The molecular formula is C15H34N2. The van der Waals surface area contributed by atoms with Crippen LogP contribution < -0.4 is 5.32 Å². The van der Waals surface area contributed by atoms with Gasteiger partial charge in [0.15, 0.2) is 0 Å². The zero-order valence-corrected chi connectivity index (χ0v) is 13.1. The number of hydrogen-bond acceptors (Lipinski definition) is 2. The molecule has 0 saturated carbocycles.